The molecular formula is C10H13BrO2S. The van der Waals surface area contributed by atoms with Crippen molar-refractivity contribution in [3.63, 3.8) is 0 Å². The van der Waals surface area contributed by atoms with Crippen molar-refractivity contribution in [2.24, 2.45) is 0 Å². The summed E-state index contributed by atoms with van der Waals surface area (Å²) in [6.07, 6.45) is 1.97. The summed E-state index contributed by atoms with van der Waals surface area (Å²) in [7, 11) is 1.65. The van der Waals surface area contributed by atoms with Gasteiger partial charge in [-0.1, -0.05) is 0 Å². The Balaban J connectivity index is 2.31. The molecule has 0 aliphatic carbocycles. The molecule has 1 rings (SSSR count). The summed E-state index contributed by atoms with van der Waals surface area (Å²) in [6.45, 7) is 0.664. The van der Waals surface area contributed by atoms with E-state index >= 15 is 0 Å². The van der Waals surface area contributed by atoms with Crippen LogP contribution in [-0.4, -0.2) is 19.5 Å². The summed E-state index contributed by atoms with van der Waals surface area (Å²) < 4.78 is 5.94. The van der Waals surface area contributed by atoms with Crippen LogP contribution in [0.25, 0.3) is 0 Å². The van der Waals surface area contributed by atoms with E-state index in [0.29, 0.717) is 19.4 Å². The van der Waals surface area contributed by atoms with Crippen molar-refractivity contribution < 1.29 is 9.53 Å². The molecule has 0 fully saturated rings. The van der Waals surface area contributed by atoms with Gasteiger partial charge < -0.3 is 4.74 Å². The van der Waals surface area contributed by atoms with Gasteiger partial charge in [0.2, 0.25) is 0 Å². The quantitative estimate of drug-likeness (QED) is 0.747. The lowest BCUT2D eigenvalue weighted by Gasteiger charge is -1.99. The first-order valence-electron chi connectivity index (χ1n) is 4.46. The molecule has 0 spiro atoms. The van der Waals surface area contributed by atoms with Gasteiger partial charge in [-0.05, 0) is 33.8 Å². The number of Topliss-reactive ketones (excluding diaryl/α,β-unsaturated/α-hetero) is 1. The maximum Gasteiger partial charge on any atom is 0.138 e. The van der Waals surface area contributed by atoms with Crippen LogP contribution in [0.5, 0.6) is 0 Å². The number of carbonyl (C=O) groups is 1. The second-order valence-electron chi connectivity index (χ2n) is 3.00. The fourth-order valence-electron chi connectivity index (χ4n) is 1.13. The molecule has 0 saturated carbocycles. The molecule has 0 bridgehead atoms. The smallest absolute Gasteiger partial charge is 0.138 e. The maximum atomic E-state index is 11.5. The summed E-state index contributed by atoms with van der Waals surface area (Å²) in [4.78, 5) is 12.6. The molecule has 1 heterocycles. The second-order valence-corrected chi connectivity index (χ2v) is 4.86. The third kappa shape index (κ3) is 3.90. The van der Waals surface area contributed by atoms with Crippen LogP contribution in [0.4, 0.5) is 0 Å². The van der Waals surface area contributed by atoms with Gasteiger partial charge in [-0.15, -0.1) is 11.3 Å². The molecule has 0 atom stereocenters. The summed E-state index contributed by atoms with van der Waals surface area (Å²) in [6, 6.07) is 1.97. The number of halogens is 1. The van der Waals surface area contributed by atoms with Crippen molar-refractivity contribution in [1.29, 1.82) is 0 Å². The molecule has 2 nitrogen and oxygen atoms in total. The fourth-order valence-corrected chi connectivity index (χ4v) is 2.65. The zero-order valence-corrected chi connectivity index (χ0v) is 10.5. The number of thiophene rings is 1. The van der Waals surface area contributed by atoms with Gasteiger partial charge in [0.25, 0.3) is 0 Å². The van der Waals surface area contributed by atoms with E-state index in [1.54, 1.807) is 18.4 Å². The first-order valence-corrected chi connectivity index (χ1v) is 6.14. The van der Waals surface area contributed by atoms with E-state index in [0.717, 1.165) is 15.8 Å². The molecule has 0 amide bonds. The Kier molecular flexibility index (Phi) is 5.37. The number of hydrogen-bond acceptors (Lipinski definition) is 3. The van der Waals surface area contributed by atoms with Crippen LogP contribution in [0.3, 0.4) is 0 Å². The first kappa shape index (κ1) is 11.9. The third-order valence-corrected chi connectivity index (χ3v) is 3.78. The summed E-state index contributed by atoms with van der Waals surface area (Å²) in [5, 5.41) is 1.99. The lowest BCUT2D eigenvalue weighted by Crippen LogP contribution is -2.03. The Hall–Kier alpha value is -0.190. The summed E-state index contributed by atoms with van der Waals surface area (Å²) in [5.74, 6) is 0.283. The Labute approximate surface area is 96.4 Å². The van der Waals surface area contributed by atoms with Gasteiger partial charge in [-0.25, -0.2) is 0 Å². The Morgan fingerprint density at radius 3 is 3.00 bits per heavy atom. The van der Waals surface area contributed by atoms with Crippen molar-refractivity contribution in [2.75, 3.05) is 13.7 Å². The van der Waals surface area contributed by atoms with Gasteiger partial charge in [0.05, 0.1) is 0 Å². The minimum Gasteiger partial charge on any atom is -0.385 e. The Morgan fingerprint density at radius 1 is 1.64 bits per heavy atom. The summed E-state index contributed by atoms with van der Waals surface area (Å²) in [5.41, 5.74) is 0. The molecule has 0 aliphatic heterocycles. The standard InChI is InChI=1S/C10H13BrO2S/c1-13-5-2-3-8(12)7-10-9(11)4-6-14-10/h4,6H,2-3,5,7H2,1H3. The van der Waals surface area contributed by atoms with E-state index < -0.39 is 0 Å². The highest BCUT2D eigenvalue weighted by molar-refractivity contribution is 9.10. The Bertz CT molecular complexity index is 296. The highest BCUT2D eigenvalue weighted by Crippen LogP contribution is 2.23. The SMILES string of the molecule is COCCCC(=O)Cc1sccc1Br. The zero-order valence-electron chi connectivity index (χ0n) is 8.09. The van der Waals surface area contributed by atoms with Gasteiger partial charge in [0.15, 0.2) is 0 Å². The van der Waals surface area contributed by atoms with Crippen molar-refractivity contribution in [1.82, 2.24) is 0 Å². The van der Waals surface area contributed by atoms with Crippen molar-refractivity contribution >= 4 is 33.0 Å². The molecule has 0 aliphatic rings. The minimum atomic E-state index is 0.283. The predicted octanol–water partition coefficient (Wildman–Crippen LogP) is 3.05. The lowest BCUT2D eigenvalue weighted by atomic mass is 10.1. The van der Waals surface area contributed by atoms with E-state index in [4.69, 9.17) is 4.74 Å². The molecule has 1 aromatic rings. The third-order valence-electron chi connectivity index (χ3n) is 1.85. The number of carbonyl (C=O) groups excluding carboxylic acids is 1. The van der Waals surface area contributed by atoms with Crippen molar-refractivity contribution in [3.05, 3.63) is 20.8 Å². The average molecular weight is 277 g/mol. The molecule has 4 heteroatoms. The van der Waals surface area contributed by atoms with Gasteiger partial charge in [0.1, 0.15) is 5.78 Å². The minimum absolute atomic E-state index is 0.283. The second kappa shape index (κ2) is 6.32. The van der Waals surface area contributed by atoms with E-state index in [1.807, 2.05) is 11.4 Å². The van der Waals surface area contributed by atoms with E-state index in [9.17, 15) is 4.79 Å². The Morgan fingerprint density at radius 2 is 2.43 bits per heavy atom. The van der Waals surface area contributed by atoms with Gasteiger partial charge in [-0.2, -0.15) is 0 Å². The normalized spacial score (nSPS) is 10.4. The first-order chi connectivity index (χ1) is 6.74. The molecule has 0 radical (unpaired) electrons. The van der Waals surface area contributed by atoms with Crippen molar-refractivity contribution in [3.8, 4) is 0 Å². The highest BCUT2D eigenvalue weighted by atomic mass is 79.9. The number of rotatable bonds is 6. The van der Waals surface area contributed by atoms with Crippen LogP contribution in [0.15, 0.2) is 15.9 Å². The van der Waals surface area contributed by atoms with Crippen LogP contribution in [0.1, 0.15) is 17.7 Å². The van der Waals surface area contributed by atoms with Crippen LogP contribution in [0.2, 0.25) is 0 Å². The van der Waals surface area contributed by atoms with Gasteiger partial charge >= 0.3 is 0 Å². The maximum absolute atomic E-state index is 11.5. The topological polar surface area (TPSA) is 26.3 Å². The molecule has 0 N–H and O–H groups in total. The summed E-state index contributed by atoms with van der Waals surface area (Å²) >= 11 is 5.03. The molecular weight excluding hydrogens is 264 g/mol. The van der Waals surface area contributed by atoms with E-state index in [-0.39, 0.29) is 5.78 Å². The number of hydrogen-bond donors (Lipinski definition) is 0. The monoisotopic (exact) mass is 276 g/mol. The predicted molar refractivity (Wildman–Crippen MR) is 61.8 cm³/mol. The average Bonchev–Trinajstić information content (AvgIpc) is 2.52. The number of ether oxygens (including phenoxy) is 1. The van der Waals surface area contributed by atoms with E-state index in [2.05, 4.69) is 15.9 Å². The number of ketones is 1. The molecule has 0 aromatic carbocycles. The van der Waals surface area contributed by atoms with Gasteiger partial charge in [0, 0.05) is 35.9 Å². The van der Waals surface area contributed by atoms with Crippen molar-refractivity contribution in [2.45, 2.75) is 19.3 Å². The van der Waals surface area contributed by atoms with Crippen LogP contribution >= 0.6 is 27.3 Å². The fraction of sp³-hybridized carbons (Fsp3) is 0.500. The highest BCUT2D eigenvalue weighted by Gasteiger charge is 2.07. The zero-order chi connectivity index (χ0) is 10.4. The van der Waals surface area contributed by atoms with Crippen LogP contribution < -0.4 is 0 Å². The van der Waals surface area contributed by atoms with Crippen LogP contribution in [0, 0.1) is 0 Å². The molecule has 0 unspecified atom stereocenters. The number of methoxy groups -OCH3 is 1. The van der Waals surface area contributed by atoms with Gasteiger partial charge in [-0.3, -0.25) is 4.79 Å². The molecule has 14 heavy (non-hydrogen) atoms. The molecule has 0 saturated heterocycles. The molecule has 78 valence electrons. The van der Waals surface area contributed by atoms with Crippen LogP contribution in [-0.2, 0) is 16.0 Å². The van der Waals surface area contributed by atoms with E-state index in [1.165, 1.54) is 0 Å². The molecule has 1 aromatic heterocycles. The largest absolute Gasteiger partial charge is 0.385 e. The lowest BCUT2D eigenvalue weighted by molar-refractivity contribution is -0.118.